The maximum absolute atomic E-state index is 13.2. The highest BCUT2D eigenvalue weighted by Gasteiger charge is 2.19. The number of carbonyl (C=O) groups is 2. The lowest BCUT2D eigenvalue weighted by molar-refractivity contribution is -0.114. The van der Waals surface area contributed by atoms with E-state index >= 15 is 0 Å². The van der Waals surface area contributed by atoms with Crippen LogP contribution in [0.5, 0.6) is 11.6 Å². The molecule has 1 atom stereocenters. The number of aryl methyl sites for hydroxylation is 1. The second kappa shape index (κ2) is 11.0. The molecule has 0 aliphatic carbocycles. The van der Waals surface area contributed by atoms with Crippen molar-refractivity contribution in [3.63, 3.8) is 0 Å². The van der Waals surface area contributed by atoms with Crippen molar-refractivity contribution in [1.29, 1.82) is 0 Å². The molecule has 3 heterocycles. The Kier molecular flexibility index (Phi) is 7.63. The van der Waals surface area contributed by atoms with Crippen LogP contribution in [-0.2, 0) is 11.3 Å². The number of aliphatic hydroxyl groups is 1. The minimum Gasteiger partial charge on any atom is -0.488 e. The molecule has 4 rings (SSSR count). The van der Waals surface area contributed by atoms with Crippen LogP contribution in [0.15, 0.2) is 48.7 Å². The standard InChI is InChI=1S/C26H28N6O5/c1-15(14-33)37-22-8-6-5-7-18(22)12-27-25(35)20-11-19(16(2)28-26(20)36-4)21-9-10-24-30-23(29-17(3)34)13-32(24)31-21/h5-11,13,15,33H,12,14H2,1-4H3,(H,27,35)(H,29,34). The van der Waals surface area contributed by atoms with Crippen LogP contribution in [0.2, 0.25) is 0 Å². The van der Waals surface area contributed by atoms with Gasteiger partial charge in [-0.1, -0.05) is 18.2 Å². The smallest absolute Gasteiger partial charge is 0.257 e. The average Bonchev–Trinajstić information content (AvgIpc) is 3.28. The van der Waals surface area contributed by atoms with Gasteiger partial charge in [-0.2, -0.15) is 5.10 Å². The predicted molar refractivity (Wildman–Crippen MR) is 137 cm³/mol. The zero-order chi connectivity index (χ0) is 26.5. The number of carbonyl (C=O) groups excluding carboxylic acids is 2. The van der Waals surface area contributed by atoms with E-state index in [1.807, 2.05) is 18.2 Å². The number of imidazole rings is 1. The number of benzene rings is 1. The Morgan fingerprint density at radius 2 is 1.95 bits per heavy atom. The quantitative estimate of drug-likeness (QED) is 0.316. The minimum absolute atomic E-state index is 0.122. The molecule has 37 heavy (non-hydrogen) atoms. The molecule has 0 bridgehead atoms. The summed E-state index contributed by atoms with van der Waals surface area (Å²) in [6.45, 7) is 5.05. The molecule has 0 radical (unpaired) electrons. The van der Waals surface area contributed by atoms with E-state index < -0.39 is 0 Å². The van der Waals surface area contributed by atoms with E-state index in [0.717, 1.165) is 5.56 Å². The van der Waals surface area contributed by atoms with Gasteiger partial charge in [-0.3, -0.25) is 9.59 Å². The van der Waals surface area contributed by atoms with Gasteiger partial charge in [0, 0.05) is 24.6 Å². The van der Waals surface area contributed by atoms with E-state index in [1.165, 1.54) is 14.0 Å². The fourth-order valence-corrected chi connectivity index (χ4v) is 3.72. The van der Waals surface area contributed by atoms with Crippen LogP contribution in [0.3, 0.4) is 0 Å². The molecular weight excluding hydrogens is 476 g/mol. The number of methoxy groups -OCH3 is 1. The number of aliphatic hydroxyl groups excluding tert-OH is 1. The Labute approximate surface area is 213 Å². The van der Waals surface area contributed by atoms with Crippen LogP contribution in [0, 0.1) is 6.92 Å². The molecule has 3 N–H and O–H groups in total. The third-order valence-corrected chi connectivity index (χ3v) is 5.51. The zero-order valence-electron chi connectivity index (χ0n) is 21.0. The highest BCUT2D eigenvalue weighted by Crippen LogP contribution is 2.27. The van der Waals surface area contributed by atoms with E-state index in [2.05, 4.69) is 25.7 Å². The molecule has 11 heteroatoms. The van der Waals surface area contributed by atoms with Gasteiger partial charge in [-0.15, -0.1) is 0 Å². The van der Waals surface area contributed by atoms with Gasteiger partial charge < -0.3 is 25.2 Å². The second-order valence-electron chi connectivity index (χ2n) is 8.41. The summed E-state index contributed by atoms with van der Waals surface area (Å²) in [5.74, 6) is 0.544. The average molecular weight is 505 g/mol. The van der Waals surface area contributed by atoms with Gasteiger partial charge in [0.1, 0.15) is 17.4 Å². The second-order valence-corrected chi connectivity index (χ2v) is 8.41. The van der Waals surface area contributed by atoms with E-state index in [1.54, 1.807) is 48.8 Å². The molecule has 0 saturated heterocycles. The normalized spacial score (nSPS) is 11.7. The van der Waals surface area contributed by atoms with Crippen molar-refractivity contribution in [2.24, 2.45) is 0 Å². The number of amides is 2. The molecule has 2 amide bonds. The summed E-state index contributed by atoms with van der Waals surface area (Å²) in [6.07, 6.45) is 1.23. The first-order valence-corrected chi connectivity index (χ1v) is 11.6. The van der Waals surface area contributed by atoms with E-state index in [9.17, 15) is 14.7 Å². The number of hydrogen-bond donors (Lipinski definition) is 3. The minimum atomic E-state index is -0.382. The van der Waals surface area contributed by atoms with Gasteiger partial charge in [0.25, 0.3) is 5.91 Å². The summed E-state index contributed by atoms with van der Waals surface area (Å²) in [5.41, 5.74) is 3.40. The molecule has 1 aromatic carbocycles. The van der Waals surface area contributed by atoms with Gasteiger partial charge in [0.15, 0.2) is 11.5 Å². The zero-order valence-corrected chi connectivity index (χ0v) is 21.0. The highest BCUT2D eigenvalue weighted by atomic mass is 16.5. The molecular formula is C26H28N6O5. The van der Waals surface area contributed by atoms with Gasteiger partial charge in [0.2, 0.25) is 11.8 Å². The maximum atomic E-state index is 13.2. The summed E-state index contributed by atoms with van der Waals surface area (Å²) >= 11 is 0. The number of aromatic nitrogens is 4. The van der Waals surface area contributed by atoms with Crippen LogP contribution in [-0.4, -0.2) is 56.3 Å². The molecule has 4 aromatic rings. The fourth-order valence-electron chi connectivity index (χ4n) is 3.72. The number of hydrogen-bond acceptors (Lipinski definition) is 8. The van der Waals surface area contributed by atoms with Gasteiger partial charge >= 0.3 is 0 Å². The highest BCUT2D eigenvalue weighted by molar-refractivity contribution is 5.97. The predicted octanol–water partition coefficient (Wildman–Crippen LogP) is 2.76. The molecule has 0 aliphatic heterocycles. The van der Waals surface area contributed by atoms with Crippen LogP contribution in [0.4, 0.5) is 5.82 Å². The number of pyridine rings is 1. The molecule has 192 valence electrons. The molecule has 0 fully saturated rings. The first-order chi connectivity index (χ1) is 17.8. The monoisotopic (exact) mass is 504 g/mol. The number of fused-ring (bicyclic) bond motifs is 1. The third kappa shape index (κ3) is 5.84. The van der Waals surface area contributed by atoms with Crippen molar-refractivity contribution >= 4 is 23.3 Å². The number of ether oxygens (including phenoxy) is 2. The fraction of sp³-hybridized carbons (Fsp3) is 0.269. The lowest BCUT2D eigenvalue weighted by atomic mass is 10.1. The van der Waals surface area contributed by atoms with Crippen molar-refractivity contribution in [2.75, 3.05) is 19.0 Å². The lowest BCUT2D eigenvalue weighted by Gasteiger charge is -2.16. The molecule has 0 aliphatic rings. The van der Waals surface area contributed by atoms with E-state index in [-0.39, 0.29) is 42.5 Å². The lowest BCUT2D eigenvalue weighted by Crippen LogP contribution is -2.25. The Balaban J connectivity index is 1.61. The SMILES string of the molecule is COc1nc(C)c(-c2ccc3nc(NC(C)=O)cn3n2)cc1C(=O)NCc1ccccc1OC(C)CO. The van der Waals surface area contributed by atoms with Crippen molar-refractivity contribution in [2.45, 2.75) is 33.4 Å². The number of nitrogens with zero attached hydrogens (tertiary/aromatic N) is 4. The summed E-state index contributed by atoms with van der Waals surface area (Å²) < 4.78 is 12.7. The van der Waals surface area contributed by atoms with E-state index in [4.69, 9.17) is 9.47 Å². The van der Waals surface area contributed by atoms with Crippen LogP contribution in [0.25, 0.3) is 16.9 Å². The van der Waals surface area contributed by atoms with Gasteiger partial charge in [0.05, 0.1) is 31.3 Å². The Morgan fingerprint density at radius 3 is 2.68 bits per heavy atom. The summed E-state index contributed by atoms with van der Waals surface area (Å²) in [5, 5.41) is 19.4. The van der Waals surface area contributed by atoms with Crippen LogP contribution < -0.4 is 20.1 Å². The Bertz CT molecular complexity index is 1450. The first kappa shape index (κ1) is 25.6. The summed E-state index contributed by atoms with van der Waals surface area (Å²) in [6, 6.07) is 12.5. The number of para-hydroxylation sites is 1. The molecule has 3 aromatic heterocycles. The molecule has 1 unspecified atom stereocenters. The third-order valence-electron chi connectivity index (χ3n) is 5.51. The van der Waals surface area contributed by atoms with Crippen LogP contribution in [0.1, 0.15) is 35.5 Å². The first-order valence-electron chi connectivity index (χ1n) is 11.6. The van der Waals surface area contributed by atoms with Gasteiger partial charge in [-0.05, 0) is 38.1 Å². The Morgan fingerprint density at radius 1 is 1.16 bits per heavy atom. The number of anilines is 1. The number of nitrogens with one attached hydrogen (secondary N) is 2. The van der Waals surface area contributed by atoms with E-state index in [0.29, 0.717) is 34.2 Å². The topological polar surface area (TPSA) is 140 Å². The Hall–Kier alpha value is -4.51. The van der Waals surface area contributed by atoms with Crippen molar-refractivity contribution < 1.29 is 24.2 Å². The molecule has 0 spiro atoms. The van der Waals surface area contributed by atoms with Crippen molar-refractivity contribution in [3.05, 3.63) is 65.5 Å². The van der Waals surface area contributed by atoms with Crippen molar-refractivity contribution in [1.82, 2.24) is 24.9 Å². The summed E-state index contributed by atoms with van der Waals surface area (Å²) in [4.78, 5) is 33.4. The largest absolute Gasteiger partial charge is 0.488 e. The number of rotatable bonds is 9. The van der Waals surface area contributed by atoms with Crippen molar-refractivity contribution in [3.8, 4) is 22.9 Å². The molecule has 11 nitrogen and oxygen atoms in total. The van der Waals surface area contributed by atoms with Crippen LogP contribution >= 0.6 is 0 Å². The maximum Gasteiger partial charge on any atom is 0.257 e. The summed E-state index contributed by atoms with van der Waals surface area (Å²) in [7, 11) is 1.46. The van der Waals surface area contributed by atoms with Gasteiger partial charge in [-0.25, -0.2) is 14.5 Å². The molecule has 0 saturated carbocycles.